The molecule has 140 valence electrons. The molecule has 3 rings (SSSR count). The average molecular weight is 387 g/mol. The van der Waals surface area contributed by atoms with Crippen LogP contribution in [-0.2, 0) is 9.59 Å². The summed E-state index contributed by atoms with van der Waals surface area (Å²) in [4.78, 5) is 23.6. The summed E-state index contributed by atoms with van der Waals surface area (Å²) >= 11 is 6.13. The molecule has 0 saturated heterocycles. The molecule has 0 saturated carbocycles. The highest BCUT2D eigenvalue weighted by atomic mass is 35.5. The van der Waals surface area contributed by atoms with Crippen LogP contribution >= 0.6 is 11.6 Å². The summed E-state index contributed by atoms with van der Waals surface area (Å²) in [5, 5.41) is 6.42. The van der Waals surface area contributed by atoms with Gasteiger partial charge in [-0.1, -0.05) is 23.7 Å². The number of hydrogen-bond acceptors (Lipinski definition) is 5. The van der Waals surface area contributed by atoms with E-state index in [0.717, 1.165) is 11.3 Å². The monoisotopic (exact) mass is 386 g/mol. The molecule has 0 unspecified atom stereocenters. The second kappa shape index (κ2) is 7.80. The summed E-state index contributed by atoms with van der Waals surface area (Å²) < 4.78 is 10.5. The van der Waals surface area contributed by atoms with Crippen LogP contribution in [-0.4, -0.2) is 29.7 Å². The maximum absolute atomic E-state index is 12.1. The molecular weight excluding hydrogens is 368 g/mol. The molecule has 27 heavy (non-hydrogen) atoms. The van der Waals surface area contributed by atoms with Gasteiger partial charge in [0.1, 0.15) is 11.5 Å². The zero-order valence-corrected chi connectivity index (χ0v) is 16.0. The third-order valence-corrected chi connectivity index (χ3v) is 4.47. The predicted octanol–water partition coefficient (Wildman–Crippen LogP) is 3.97. The highest BCUT2D eigenvalue weighted by Crippen LogP contribution is 2.36. The van der Waals surface area contributed by atoms with Crippen molar-refractivity contribution in [3.05, 3.63) is 58.6 Å². The number of hydrogen-bond donors (Lipinski definition) is 0. The predicted molar refractivity (Wildman–Crippen MR) is 102 cm³/mol. The number of esters is 1. The van der Waals surface area contributed by atoms with Crippen LogP contribution < -0.4 is 9.47 Å². The lowest BCUT2D eigenvalue weighted by Crippen LogP contribution is -2.24. The van der Waals surface area contributed by atoms with E-state index in [1.165, 1.54) is 18.9 Å². The van der Waals surface area contributed by atoms with Gasteiger partial charge in [0.05, 0.1) is 18.9 Å². The summed E-state index contributed by atoms with van der Waals surface area (Å²) in [6, 6.07) is 12.2. The smallest absolute Gasteiger partial charge is 0.308 e. The zero-order valence-electron chi connectivity index (χ0n) is 15.2. The van der Waals surface area contributed by atoms with E-state index >= 15 is 0 Å². The lowest BCUT2D eigenvalue weighted by molar-refractivity contribution is -0.132. The molecule has 1 amide bonds. The van der Waals surface area contributed by atoms with Gasteiger partial charge in [0.15, 0.2) is 0 Å². The fourth-order valence-corrected chi connectivity index (χ4v) is 3.19. The minimum atomic E-state index is -0.438. The maximum Gasteiger partial charge on any atom is 0.308 e. The van der Waals surface area contributed by atoms with Gasteiger partial charge < -0.3 is 9.47 Å². The second-order valence-corrected chi connectivity index (χ2v) is 6.57. The van der Waals surface area contributed by atoms with E-state index in [2.05, 4.69) is 5.10 Å². The van der Waals surface area contributed by atoms with Gasteiger partial charge in [0.25, 0.3) is 0 Å². The van der Waals surface area contributed by atoms with E-state index < -0.39 is 5.97 Å². The Labute approximate surface area is 162 Å². The molecule has 0 radical (unpaired) electrons. The fraction of sp³-hybridized carbons (Fsp3) is 0.250. The molecule has 7 heteroatoms. The van der Waals surface area contributed by atoms with Crippen molar-refractivity contribution in [1.29, 1.82) is 0 Å². The molecule has 1 atom stereocenters. The Morgan fingerprint density at radius 3 is 2.44 bits per heavy atom. The van der Waals surface area contributed by atoms with Crippen LogP contribution in [0, 0.1) is 0 Å². The molecule has 1 aliphatic rings. The van der Waals surface area contributed by atoms with Gasteiger partial charge in [-0.05, 0) is 35.9 Å². The van der Waals surface area contributed by atoms with Crippen molar-refractivity contribution in [2.45, 2.75) is 26.3 Å². The Hall–Kier alpha value is -2.86. The Morgan fingerprint density at radius 2 is 1.85 bits per heavy atom. The lowest BCUT2D eigenvalue weighted by atomic mass is 9.98. The molecule has 1 heterocycles. The van der Waals surface area contributed by atoms with Gasteiger partial charge in [-0.25, -0.2) is 5.01 Å². The van der Waals surface area contributed by atoms with Gasteiger partial charge in [0.2, 0.25) is 5.91 Å². The van der Waals surface area contributed by atoms with Crippen molar-refractivity contribution < 1.29 is 19.1 Å². The summed E-state index contributed by atoms with van der Waals surface area (Å²) in [6.45, 7) is 2.80. The lowest BCUT2D eigenvalue weighted by Gasteiger charge is -2.20. The first-order valence-corrected chi connectivity index (χ1v) is 8.76. The minimum Gasteiger partial charge on any atom is -0.497 e. The molecule has 1 aliphatic heterocycles. The first kappa shape index (κ1) is 18.9. The molecule has 0 N–H and O–H groups in total. The number of carbonyl (C=O) groups is 2. The molecule has 2 aromatic rings. The van der Waals surface area contributed by atoms with Crippen LogP contribution in [0.1, 0.15) is 37.4 Å². The number of carbonyl (C=O) groups excluding carboxylic acids is 2. The maximum atomic E-state index is 12.1. The topological polar surface area (TPSA) is 68.2 Å². The SMILES string of the molecule is COc1ccc([C@H]2CC(c3cc(Cl)ccc3OC(C)=O)=NN2C(C)=O)cc1. The normalized spacial score (nSPS) is 16.1. The van der Waals surface area contributed by atoms with Crippen LogP contribution in [0.4, 0.5) is 0 Å². The number of amides is 1. The molecule has 0 fully saturated rings. The number of benzene rings is 2. The van der Waals surface area contributed by atoms with Gasteiger partial charge in [0, 0.05) is 30.9 Å². The number of rotatable bonds is 4. The summed E-state index contributed by atoms with van der Waals surface area (Å²) in [5.74, 6) is 0.484. The average Bonchev–Trinajstić information content (AvgIpc) is 3.08. The van der Waals surface area contributed by atoms with Crippen LogP contribution in [0.15, 0.2) is 47.6 Å². The molecule has 0 bridgehead atoms. The van der Waals surface area contributed by atoms with Gasteiger partial charge in [-0.3, -0.25) is 9.59 Å². The molecule has 0 aliphatic carbocycles. The highest BCUT2D eigenvalue weighted by molar-refractivity contribution is 6.31. The van der Waals surface area contributed by atoms with Crippen molar-refractivity contribution in [2.75, 3.05) is 7.11 Å². The van der Waals surface area contributed by atoms with Gasteiger partial charge in [-0.15, -0.1) is 0 Å². The van der Waals surface area contributed by atoms with Crippen LogP contribution in [0.3, 0.4) is 0 Å². The number of nitrogens with zero attached hydrogens (tertiary/aromatic N) is 2. The van der Waals surface area contributed by atoms with E-state index in [1.807, 2.05) is 24.3 Å². The fourth-order valence-electron chi connectivity index (χ4n) is 3.02. The van der Waals surface area contributed by atoms with Gasteiger partial charge in [-0.2, -0.15) is 5.10 Å². The first-order chi connectivity index (χ1) is 12.9. The highest BCUT2D eigenvalue weighted by Gasteiger charge is 2.32. The number of methoxy groups -OCH3 is 1. The number of halogens is 1. The standard InChI is InChI=1S/C20H19ClN2O4/c1-12(24)23-19(14-4-7-16(26-3)8-5-14)11-18(22-23)17-10-15(21)6-9-20(17)27-13(2)25/h4-10,19H,11H2,1-3H3/t19-/m1/s1. The third kappa shape index (κ3) is 4.11. The summed E-state index contributed by atoms with van der Waals surface area (Å²) in [7, 11) is 1.60. The Morgan fingerprint density at radius 1 is 1.15 bits per heavy atom. The van der Waals surface area contributed by atoms with Crippen molar-refractivity contribution in [3.8, 4) is 11.5 Å². The third-order valence-electron chi connectivity index (χ3n) is 4.24. The quantitative estimate of drug-likeness (QED) is 0.589. The Kier molecular flexibility index (Phi) is 5.46. The Balaban J connectivity index is 1.98. The van der Waals surface area contributed by atoms with Crippen molar-refractivity contribution in [3.63, 3.8) is 0 Å². The van der Waals surface area contributed by atoms with Crippen LogP contribution in [0.25, 0.3) is 0 Å². The summed E-state index contributed by atoms with van der Waals surface area (Å²) in [6.07, 6.45) is 0.473. The van der Waals surface area contributed by atoms with Gasteiger partial charge >= 0.3 is 5.97 Å². The van der Waals surface area contributed by atoms with E-state index in [0.29, 0.717) is 28.5 Å². The molecule has 0 spiro atoms. The minimum absolute atomic E-state index is 0.179. The van der Waals surface area contributed by atoms with Crippen molar-refractivity contribution in [1.82, 2.24) is 5.01 Å². The molecule has 2 aromatic carbocycles. The Bertz CT molecular complexity index is 909. The van der Waals surface area contributed by atoms with E-state index in [-0.39, 0.29) is 11.9 Å². The zero-order chi connectivity index (χ0) is 19.6. The van der Waals surface area contributed by atoms with Crippen molar-refractivity contribution in [2.24, 2.45) is 5.10 Å². The second-order valence-electron chi connectivity index (χ2n) is 6.14. The molecule has 6 nitrogen and oxygen atoms in total. The summed E-state index contributed by atoms with van der Waals surface area (Å²) in [5.41, 5.74) is 2.16. The van der Waals surface area contributed by atoms with E-state index in [4.69, 9.17) is 21.1 Å². The molecule has 0 aromatic heterocycles. The largest absolute Gasteiger partial charge is 0.497 e. The van der Waals surface area contributed by atoms with Crippen LogP contribution in [0.2, 0.25) is 5.02 Å². The number of ether oxygens (including phenoxy) is 2. The number of hydrazone groups is 1. The van der Waals surface area contributed by atoms with E-state index in [1.54, 1.807) is 25.3 Å². The molecular formula is C20H19ClN2O4. The van der Waals surface area contributed by atoms with Crippen molar-refractivity contribution >= 4 is 29.2 Å². The first-order valence-electron chi connectivity index (χ1n) is 8.38. The van der Waals surface area contributed by atoms with Crippen LogP contribution in [0.5, 0.6) is 11.5 Å². The van der Waals surface area contributed by atoms with E-state index in [9.17, 15) is 9.59 Å².